The predicted octanol–water partition coefficient (Wildman–Crippen LogP) is 2.23. The minimum atomic E-state index is -0.602. The van der Waals surface area contributed by atoms with Crippen molar-refractivity contribution in [2.45, 2.75) is 26.8 Å². The van der Waals surface area contributed by atoms with Crippen molar-refractivity contribution in [1.29, 1.82) is 0 Å². The average molecular weight is 328 g/mol. The van der Waals surface area contributed by atoms with Gasteiger partial charge in [-0.2, -0.15) is 0 Å². The fourth-order valence-corrected chi connectivity index (χ4v) is 2.03. The summed E-state index contributed by atoms with van der Waals surface area (Å²) in [6.45, 7) is 5.49. The third-order valence-corrected chi connectivity index (χ3v) is 3.17. The number of halogens is 1. The largest absolute Gasteiger partial charge is 0.352 e. The van der Waals surface area contributed by atoms with Crippen molar-refractivity contribution in [1.82, 2.24) is 10.2 Å². The van der Waals surface area contributed by atoms with E-state index in [4.69, 9.17) is 11.6 Å². The third-order valence-electron chi connectivity index (χ3n) is 2.84. The van der Waals surface area contributed by atoms with Crippen LogP contribution in [0.5, 0.6) is 0 Å². The summed E-state index contributed by atoms with van der Waals surface area (Å²) in [6.07, 6.45) is 0. The number of amides is 2. The molecule has 7 nitrogen and oxygen atoms in total. The van der Waals surface area contributed by atoms with Crippen LogP contribution in [0.15, 0.2) is 18.2 Å². The molecule has 120 valence electrons. The number of carbonyl (C=O) groups excluding carboxylic acids is 2. The van der Waals surface area contributed by atoms with Gasteiger partial charge in [-0.1, -0.05) is 11.6 Å². The Balaban J connectivity index is 2.99. The molecule has 2 amide bonds. The molecule has 0 aliphatic carbocycles. The minimum absolute atomic E-state index is 0.00932. The molecule has 1 aromatic rings. The van der Waals surface area contributed by atoms with E-state index >= 15 is 0 Å². The summed E-state index contributed by atoms with van der Waals surface area (Å²) in [5, 5.41) is 13.6. The summed E-state index contributed by atoms with van der Waals surface area (Å²) in [4.78, 5) is 35.7. The van der Waals surface area contributed by atoms with Crippen LogP contribution in [0.1, 0.15) is 31.1 Å². The number of hydrogen-bond donors (Lipinski definition) is 1. The molecule has 0 fully saturated rings. The molecule has 0 heterocycles. The number of rotatable bonds is 6. The van der Waals surface area contributed by atoms with Crippen molar-refractivity contribution < 1.29 is 14.5 Å². The number of non-ortho nitro benzene ring substituents is 1. The number of benzene rings is 1. The molecule has 0 aliphatic heterocycles. The standard InChI is InChI=1S/C14H18ClN3O4/c1-4-17(8-13(19)16-9(2)3)14(20)11-7-10(18(21)22)5-6-12(11)15/h5-7,9H,4,8H2,1-3H3,(H,16,19). The van der Waals surface area contributed by atoms with E-state index in [9.17, 15) is 19.7 Å². The lowest BCUT2D eigenvalue weighted by Gasteiger charge is -2.21. The number of likely N-dealkylation sites (N-methyl/N-ethyl adjacent to an activating group) is 1. The first-order valence-corrected chi connectivity index (χ1v) is 7.16. The number of nitro groups is 1. The van der Waals surface area contributed by atoms with Crippen LogP contribution in [-0.4, -0.2) is 40.8 Å². The molecule has 0 spiro atoms. The van der Waals surface area contributed by atoms with Crippen molar-refractivity contribution in [3.8, 4) is 0 Å². The van der Waals surface area contributed by atoms with Crippen molar-refractivity contribution in [2.75, 3.05) is 13.1 Å². The topological polar surface area (TPSA) is 92.6 Å². The van der Waals surface area contributed by atoms with Crippen molar-refractivity contribution >= 4 is 29.1 Å². The lowest BCUT2D eigenvalue weighted by molar-refractivity contribution is -0.384. The van der Waals surface area contributed by atoms with Crippen LogP contribution in [0.2, 0.25) is 5.02 Å². The summed E-state index contributed by atoms with van der Waals surface area (Å²) < 4.78 is 0. The van der Waals surface area contributed by atoms with Crippen LogP contribution in [0.25, 0.3) is 0 Å². The molecule has 0 unspecified atom stereocenters. The number of nitrogens with zero attached hydrogens (tertiary/aromatic N) is 2. The molecule has 22 heavy (non-hydrogen) atoms. The first-order valence-electron chi connectivity index (χ1n) is 6.78. The zero-order valence-electron chi connectivity index (χ0n) is 12.6. The Morgan fingerprint density at radius 1 is 1.41 bits per heavy atom. The second-order valence-corrected chi connectivity index (χ2v) is 5.37. The van der Waals surface area contributed by atoms with Gasteiger partial charge < -0.3 is 10.2 Å². The Bertz CT molecular complexity index is 589. The molecule has 0 saturated carbocycles. The second-order valence-electron chi connectivity index (χ2n) is 4.96. The van der Waals surface area contributed by atoms with Gasteiger partial charge in [-0.25, -0.2) is 0 Å². The summed E-state index contributed by atoms with van der Waals surface area (Å²) in [7, 11) is 0. The molecule has 0 aliphatic rings. The molecule has 0 atom stereocenters. The highest BCUT2D eigenvalue weighted by Gasteiger charge is 2.22. The molecular weight excluding hydrogens is 310 g/mol. The van der Waals surface area contributed by atoms with Gasteiger partial charge in [-0.15, -0.1) is 0 Å². The normalized spacial score (nSPS) is 10.4. The van der Waals surface area contributed by atoms with Crippen LogP contribution in [-0.2, 0) is 4.79 Å². The number of nitrogens with one attached hydrogen (secondary N) is 1. The predicted molar refractivity (Wildman–Crippen MR) is 83.0 cm³/mol. The third kappa shape index (κ3) is 4.70. The zero-order chi connectivity index (χ0) is 16.9. The molecule has 0 bridgehead atoms. The van der Waals surface area contributed by atoms with Crippen LogP contribution in [0.3, 0.4) is 0 Å². The molecule has 0 radical (unpaired) electrons. The van der Waals surface area contributed by atoms with E-state index in [0.29, 0.717) is 0 Å². The quantitative estimate of drug-likeness (QED) is 0.640. The molecule has 8 heteroatoms. The first kappa shape index (κ1) is 17.9. The maximum atomic E-state index is 12.4. The highest BCUT2D eigenvalue weighted by molar-refractivity contribution is 6.34. The smallest absolute Gasteiger partial charge is 0.270 e. The summed E-state index contributed by atoms with van der Waals surface area (Å²) in [6, 6.07) is 3.60. The Morgan fingerprint density at radius 2 is 2.05 bits per heavy atom. The van der Waals surface area contributed by atoms with Gasteiger partial charge in [0.1, 0.15) is 0 Å². The van der Waals surface area contributed by atoms with Gasteiger partial charge in [0, 0.05) is 24.7 Å². The summed E-state index contributed by atoms with van der Waals surface area (Å²) in [5.74, 6) is -0.818. The SMILES string of the molecule is CCN(CC(=O)NC(C)C)C(=O)c1cc([N+](=O)[O-])ccc1Cl. The second kappa shape index (κ2) is 7.74. The van der Waals surface area contributed by atoms with Gasteiger partial charge >= 0.3 is 0 Å². The van der Waals surface area contributed by atoms with Gasteiger partial charge in [0.15, 0.2) is 0 Å². The Kier molecular flexibility index (Phi) is 6.30. The number of nitro benzene ring substituents is 1. The molecule has 1 N–H and O–H groups in total. The van der Waals surface area contributed by atoms with Gasteiger partial charge in [0.2, 0.25) is 5.91 Å². The van der Waals surface area contributed by atoms with Gasteiger partial charge in [-0.3, -0.25) is 19.7 Å². The molecule has 1 rings (SSSR count). The van der Waals surface area contributed by atoms with E-state index in [0.717, 1.165) is 6.07 Å². The lowest BCUT2D eigenvalue weighted by atomic mass is 10.1. The molecule has 0 aromatic heterocycles. The summed E-state index contributed by atoms with van der Waals surface area (Å²) in [5.41, 5.74) is -0.217. The first-order chi connectivity index (χ1) is 10.3. The lowest BCUT2D eigenvalue weighted by Crippen LogP contribution is -2.42. The minimum Gasteiger partial charge on any atom is -0.352 e. The Morgan fingerprint density at radius 3 is 2.55 bits per heavy atom. The van der Waals surface area contributed by atoms with E-state index in [-0.39, 0.29) is 41.3 Å². The maximum absolute atomic E-state index is 12.4. The van der Waals surface area contributed by atoms with E-state index < -0.39 is 10.8 Å². The van der Waals surface area contributed by atoms with E-state index in [1.165, 1.54) is 17.0 Å². The monoisotopic (exact) mass is 327 g/mol. The Hall–Kier alpha value is -2.15. The molecular formula is C14H18ClN3O4. The van der Waals surface area contributed by atoms with Crippen LogP contribution in [0.4, 0.5) is 5.69 Å². The van der Waals surface area contributed by atoms with Crippen molar-refractivity contribution in [3.63, 3.8) is 0 Å². The van der Waals surface area contributed by atoms with Gasteiger partial charge in [0.05, 0.1) is 22.1 Å². The van der Waals surface area contributed by atoms with Crippen molar-refractivity contribution in [2.24, 2.45) is 0 Å². The van der Waals surface area contributed by atoms with E-state index in [2.05, 4.69) is 5.32 Å². The highest BCUT2D eigenvalue weighted by atomic mass is 35.5. The average Bonchev–Trinajstić information content (AvgIpc) is 2.43. The Labute approximate surface area is 133 Å². The van der Waals surface area contributed by atoms with Crippen molar-refractivity contribution in [3.05, 3.63) is 38.9 Å². The number of carbonyl (C=O) groups is 2. The zero-order valence-corrected chi connectivity index (χ0v) is 13.4. The summed E-state index contributed by atoms with van der Waals surface area (Å²) >= 11 is 5.95. The van der Waals surface area contributed by atoms with E-state index in [1.54, 1.807) is 6.92 Å². The molecule has 0 saturated heterocycles. The highest BCUT2D eigenvalue weighted by Crippen LogP contribution is 2.23. The van der Waals surface area contributed by atoms with Crippen LogP contribution in [0, 0.1) is 10.1 Å². The van der Waals surface area contributed by atoms with Gasteiger partial charge in [0.25, 0.3) is 11.6 Å². The molecule has 1 aromatic carbocycles. The maximum Gasteiger partial charge on any atom is 0.270 e. The van der Waals surface area contributed by atoms with Crippen LogP contribution < -0.4 is 5.32 Å². The fourth-order valence-electron chi connectivity index (χ4n) is 1.83. The van der Waals surface area contributed by atoms with E-state index in [1.807, 2.05) is 13.8 Å². The van der Waals surface area contributed by atoms with Crippen LogP contribution >= 0.6 is 11.6 Å². The fraction of sp³-hybridized carbons (Fsp3) is 0.429. The van der Waals surface area contributed by atoms with Gasteiger partial charge in [-0.05, 0) is 26.8 Å². The number of hydrogen-bond acceptors (Lipinski definition) is 4.